The summed E-state index contributed by atoms with van der Waals surface area (Å²) in [7, 11) is 0. The summed E-state index contributed by atoms with van der Waals surface area (Å²) < 4.78 is 1.87. The summed E-state index contributed by atoms with van der Waals surface area (Å²) in [5, 5.41) is 10.2. The van der Waals surface area contributed by atoms with Crippen molar-refractivity contribution < 1.29 is 4.79 Å². The number of carbonyl (C=O) groups excluding carboxylic acids is 1. The Morgan fingerprint density at radius 2 is 2.10 bits per heavy atom. The molecule has 2 rings (SSSR count). The summed E-state index contributed by atoms with van der Waals surface area (Å²) in [6, 6.07) is 9.65. The highest BCUT2D eigenvalue weighted by Crippen LogP contribution is 2.16. The third kappa shape index (κ3) is 3.84. The predicted molar refractivity (Wildman–Crippen MR) is 84.9 cm³/mol. The number of anilines is 1. The number of nitrogens with zero attached hydrogens (tertiary/aromatic N) is 2. The fraction of sp³-hybridized carbons (Fsp3) is 0.375. The van der Waals surface area contributed by atoms with Gasteiger partial charge in [0.2, 0.25) is 0 Å². The van der Waals surface area contributed by atoms with Crippen LogP contribution >= 0.6 is 0 Å². The number of aryl methyl sites for hydroxylation is 2. The largest absolute Gasteiger partial charge is 0.335 e. The van der Waals surface area contributed by atoms with Gasteiger partial charge in [-0.25, -0.2) is 9.48 Å². The molecule has 0 spiro atoms. The molecule has 0 saturated heterocycles. The summed E-state index contributed by atoms with van der Waals surface area (Å²) in [4.78, 5) is 11.9. The van der Waals surface area contributed by atoms with Crippen LogP contribution in [0.4, 0.5) is 10.5 Å². The van der Waals surface area contributed by atoms with Gasteiger partial charge in [0.1, 0.15) is 0 Å². The normalized spacial score (nSPS) is 12.0. The van der Waals surface area contributed by atoms with E-state index < -0.39 is 0 Å². The van der Waals surface area contributed by atoms with Gasteiger partial charge in [-0.2, -0.15) is 5.10 Å². The van der Waals surface area contributed by atoms with Crippen LogP contribution in [0.1, 0.15) is 31.7 Å². The van der Waals surface area contributed by atoms with Crippen molar-refractivity contribution in [1.82, 2.24) is 15.1 Å². The van der Waals surface area contributed by atoms with Gasteiger partial charge in [0, 0.05) is 17.4 Å². The maximum atomic E-state index is 11.9. The minimum absolute atomic E-state index is 0.157. The number of benzene rings is 1. The molecule has 2 aromatic rings. The lowest BCUT2D eigenvalue weighted by Crippen LogP contribution is -2.35. The van der Waals surface area contributed by atoms with E-state index in [0.29, 0.717) is 0 Å². The molecule has 5 heteroatoms. The first kappa shape index (κ1) is 15.1. The number of hydrogen-bond acceptors (Lipinski definition) is 2. The Labute approximate surface area is 125 Å². The number of nitrogens with one attached hydrogen (secondary N) is 2. The molecule has 0 saturated carbocycles. The maximum absolute atomic E-state index is 11.9. The average Bonchev–Trinajstić information content (AvgIpc) is 2.77. The van der Waals surface area contributed by atoms with Gasteiger partial charge in [0.15, 0.2) is 0 Å². The highest BCUT2D eigenvalue weighted by atomic mass is 16.2. The lowest BCUT2D eigenvalue weighted by atomic mass is 10.2. The molecule has 0 aliphatic carbocycles. The molecule has 1 atom stereocenters. The fourth-order valence-corrected chi connectivity index (χ4v) is 2.10. The van der Waals surface area contributed by atoms with Gasteiger partial charge in [0.05, 0.1) is 11.4 Å². The molecule has 0 fully saturated rings. The molecule has 0 aliphatic rings. The van der Waals surface area contributed by atoms with Gasteiger partial charge in [0.25, 0.3) is 0 Å². The summed E-state index contributed by atoms with van der Waals surface area (Å²) in [6.07, 6.45) is 0.902. The average molecular weight is 286 g/mol. The molecule has 0 radical (unpaired) electrons. The van der Waals surface area contributed by atoms with Crippen LogP contribution in [0.25, 0.3) is 5.69 Å². The van der Waals surface area contributed by atoms with E-state index in [1.165, 1.54) is 0 Å². The number of carbonyl (C=O) groups is 1. The number of aromatic nitrogens is 2. The van der Waals surface area contributed by atoms with Crippen molar-refractivity contribution in [3.05, 3.63) is 41.7 Å². The summed E-state index contributed by atoms with van der Waals surface area (Å²) in [6.45, 7) is 7.99. The van der Waals surface area contributed by atoms with Gasteiger partial charge in [-0.1, -0.05) is 13.0 Å². The van der Waals surface area contributed by atoms with Crippen LogP contribution < -0.4 is 10.6 Å². The third-order valence-corrected chi connectivity index (χ3v) is 3.35. The second-order valence-corrected chi connectivity index (χ2v) is 5.30. The van der Waals surface area contributed by atoms with E-state index in [1.807, 2.05) is 62.7 Å². The Hall–Kier alpha value is -2.30. The minimum Gasteiger partial charge on any atom is -0.335 e. The molecular weight excluding hydrogens is 264 g/mol. The quantitative estimate of drug-likeness (QED) is 0.905. The van der Waals surface area contributed by atoms with Crippen molar-refractivity contribution in [1.29, 1.82) is 0 Å². The van der Waals surface area contributed by atoms with Crippen LogP contribution in [0.3, 0.4) is 0 Å². The summed E-state index contributed by atoms with van der Waals surface area (Å²) in [5.41, 5.74) is 3.72. The molecule has 0 bridgehead atoms. The van der Waals surface area contributed by atoms with Gasteiger partial charge in [-0.15, -0.1) is 0 Å². The lowest BCUT2D eigenvalue weighted by Gasteiger charge is -2.13. The first-order chi connectivity index (χ1) is 9.99. The van der Waals surface area contributed by atoms with Crippen LogP contribution in [0.2, 0.25) is 0 Å². The van der Waals surface area contributed by atoms with Crippen LogP contribution in [0, 0.1) is 13.8 Å². The van der Waals surface area contributed by atoms with Crippen molar-refractivity contribution in [3.63, 3.8) is 0 Å². The number of urea groups is 1. The predicted octanol–water partition coefficient (Wildman–Crippen LogP) is 3.41. The number of hydrogen-bond donors (Lipinski definition) is 2. The zero-order valence-corrected chi connectivity index (χ0v) is 13.0. The minimum atomic E-state index is -0.185. The number of rotatable bonds is 4. The summed E-state index contributed by atoms with van der Waals surface area (Å²) >= 11 is 0. The van der Waals surface area contributed by atoms with Gasteiger partial charge < -0.3 is 10.6 Å². The Morgan fingerprint density at radius 3 is 2.71 bits per heavy atom. The molecule has 112 valence electrons. The van der Waals surface area contributed by atoms with Crippen molar-refractivity contribution in [2.75, 3.05) is 5.32 Å². The smallest absolute Gasteiger partial charge is 0.319 e. The Morgan fingerprint density at radius 1 is 1.33 bits per heavy atom. The molecule has 5 nitrogen and oxygen atoms in total. The van der Waals surface area contributed by atoms with Crippen molar-refractivity contribution >= 4 is 11.7 Å². The topological polar surface area (TPSA) is 59.0 Å². The van der Waals surface area contributed by atoms with Gasteiger partial charge >= 0.3 is 6.03 Å². The Balaban J connectivity index is 2.15. The summed E-state index contributed by atoms with van der Waals surface area (Å²) in [5.74, 6) is 0. The second kappa shape index (κ2) is 6.43. The number of amides is 2. The van der Waals surface area contributed by atoms with E-state index in [2.05, 4.69) is 15.7 Å². The van der Waals surface area contributed by atoms with Crippen molar-refractivity contribution in [2.45, 2.75) is 40.2 Å². The third-order valence-electron chi connectivity index (χ3n) is 3.35. The molecule has 1 heterocycles. The van der Waals surface area contributed by atoms with Gasteiger partial charge in [-0.3, -0.25) is 0 Å². The zero-order chi connectivity index (χ0) is 15.4. The second-order valence-electron chi connectivity index (χ2n) is 5.30. The van der Waals surface area contributed by atoms with E-state index in [9.17, 15) is 4.79 Å². The first-order valence-electron chi connectivity index (χ1n) is 7.21. The molecule has 0 aliphatic heterocycles. The van der Waals surface area contributed by atoms with E-state index in [0.717, 1.165) is 29.2 Å². The van der Waals surface area contributed by atoms with Crippen LogP contribution in [0.15, 0.2) is 30.3 Å². The Bertz CT molecular complexity index is 633. The molecule has 2 amide bonds. The van der Waals surface area contributed by atoms with E-state index in [-0.39, 0.29) is 12.1 Å². The van der Waals surface area contributed by atoms with E-state index >= 15 is 0 Å². The SMILES string of the molecule is CCC(C)NC(=O)Nc1cccc(-n2nc(C)cc2C)c1. The zero-order valence-electron chi connectivity index (χ0n) is 13.0. The fourth-order valence-electron chi connectivity index (χ4n) is 2.10. The van der Waals surface area contributed by atoms with E-state index in [4.69, 9.17) is 0 Å². The van der Waals surface area contributed by atoms with Crippen LogP contribution in [-0.4, -0.2) is 21.9 Å². The highest BCUT2D eigenvalue weighted by molar-refractivity contribution is 5.89. The standard InChI is InChI=1S/C16H22N4O/c1-5-11(2)17-16(21)18-14-7-6-8-15(10-14)20-13(4)9-12(3)19-20/h6-11H,5H2,1-4H3,(H2,17,18,21). The first-order valence-corrected chi connectivity index (χ1v) is 7.21. The molecule has 21 heavy (non-hydrogen) atoms. The molecule has 1 unspecified atom stereocenters. The van der Waals surface area contributed by atoms with Crippen LogP contribution in [-0.2, 0) is 0 Å². The van der Waals surface area contributed by atoms with Gasteiger partial charge in [-0.05, 0) is 51.5 Å². The molecule has 1 aromatic heterocycles. The molecule has 2 N–H and O–H groups in total. The monoisotopic (exact) mass is 286 g/mol. The van der Waals surface area contributed by atoms with Crippen molar-refractivity contribution in [3.8, 4) is 5.69 Å². The van der Waals surface area contributed by atoms with Crippen LogP contribution in [0.5, 0.6) is 0 Å². The maximum Gasteiger partial charge on any atom is 0.319 e. The highest BCUT2D eigenvalue weighted by Gasteiger charge is 2.08. The molecule has 1 aromatic carbocycles. The lowest BCUT2D eigenvalue weighted by molar-refractivity contribution is 0.249. The van der Waals surface area contributed by atoms with E-state index in [1.54, 1.807) is 0 Å². The molecular formula is C16H22N4O. The Kier molecular flexibility index (Phi) is 4.62. The van der Waals surface area contributed by atoms with Crippen molar-refractivity contribution in [2.24, 2.45) is 0 Å².